The Hall–Kier alpha value is -1.36. The molecule has 0 aromatic rings. The molecule has 0 aromatic heterocycles. The Bertz CT molecular complexity index is 444. The van der Waals surface area contributed by atoms with Crippen LogP contribution in [0.2, 0.25) is 0 Å². The van der Waals surface area contributed by atoms with E-state index in [0.717, 1.165) is 45.6 Å². The number of carbonyl (C=O) groups is 2. The largest absolute Gasteiger partial charge is 0.343 e. The average Bonchev–Trinajstić information content (AvgIpc) is 2.57. The zero-order valence-corrected chi connectivity index (χ0v) is 14.8. The summed E-state index contributed by atoms with van der Waals surface area (Å²) in [7, 11) is 0. The number of carbonyl (C=O) groups excluding carboxylic acids is 2. The molecule has 2 rings (SSSR count). The Morgan fingerprint density at radius 3 is 2.35 bits per heavy atom. The van der Waals surface area contributed by atoms with E-state index in [1.807, 2.05) is 17.9 Å². The van der Waals surface area contributed by atoms with Crippen LogP contribution in [0.15, 0.2) is 12.7 Å². The van der Waals surface area contributed by atoms with Crippen LogP contribution in [0.1, 0.15) is 40.0 Å². The lowest BCUT2D eigenvalue weighted by molar-refractivity contribution is -0.145. The maximum atomic E-state index is 12.9. The zero-order valence-electron chi connectivity index (χ0n) is 14.8. The molecule has 0 aliphatic carbocycles. The molecule has 0 spiro atoms. The van der Waals surface area contributed by atoms with Gasteiger partial charge in [0.1, 0.15) is 0 Å². The molecule has 23 heavy (non-hydrogen) atoms. The van der Waals surface area contributed by atoms with Crippen LogP contribution in [0.25, 0.3) is 0 Å². The molecule has 2 aliphatic rings. The van der Waals surface area contributed by atoms with Crippen LogP contribution >= 0.6 is 0 Å². The van der Waals surface area contributed by atoms with Gasteiger partial charge >= 0.3 is 0 Å². The summed E-state index contributed by atoms with van der Waals surface area (Å²) in [4.78, 5) is 31.0. The van der Waals surface area contributed by atoms with Crippen molar-refractivity contribution in [2.24, 2.45) is 5.92 Å². The summed E-state index contributed by atoms with van der Waals surface area (Å²) in [6.45, 7) is 14.1. The van der Waals surface area contributed by atoms with Crippen molar-refractivity contribution in [2.75, 3.05) is 32.7 Å². The summed E-state index contributed by atoms with van der Waals surface area (Å²) in [6, 6.07) is 0.615. The summed E-state index contributed by atoms with van der Waals surface area (Å²) in [6.07, 6.45) is 4.09. The van der Waals surface area contributed by atoms with Crippen molar-refractivity contribution in [2.45, 2.75) is 52.1 Å². The minimum Gasteiger partial charge on any atom is -0.343 e. The molecule has 2 saturated heterocycles. The number of piperidine rings is 1. The van der Waals surface area contributed by atoms with Crippen LogP contribution in [-0.2, 0) is 9.59 Å². The minimum absolute atomic E-state index is 0.0801. The summed E-state index contributed by atoms with van der Waals surface area (Å²) >= 11 is 0. The number of hydrogen-bond acceptors (Lipinski definition) is 3. The summed E-state index contributed by atoms with van der Waals surface area (Å²) in [5.41, 5.74) is 0. The van der Waals surface area contributed by atoms with E-state index >= 15 is 0 Å². The van der Waals surface area contributed by atoms with E-state index in [1.54, 1.807) is 0 Å². The van der Waals surface area contributed by atoms with Gasteiger partial charge in [0, 0.05) is 57.1 Å². The van der Waals surface area contributed by atoms with Crippen LogP contribution in [0.4, 0.5) is 0 Å². The molecule has 0 aromatic carbocycles. The first kappa shape index (κ1) is 18.0. The highest BCUT2D eigenvalue weighted by Gasteiger charge is 2.36. The molecule has 5 heteroatoms. The Balaban J connectivity index is 1.91. The average molecular weight is 321 g/mol. The van der Waals surface area contributed by atoms with Gasteiger partial charge in [0.05, 0.1) is 0 Å². The van der Waals surface area contributed by atoms with E-state index in [9.17, 15) is 9.59 Å². The maximum absolute atomic E-state index is 12.9. The molecule has 2 aliphatic heterocycles. The predicted octanol–water partition coefficient (Wildman–Crippen LogP) is 1.74. The first-order chi connectivity index (χ1) is 11.0. The van der Waals surface area contributed by atoms with Crippen LogP contribution in [0.3, 0.4) is 0 Å². The van der Waals surface area contributed by atoms with Crippen molar-refractivity contribution < 1.29 is 9.59 Å². The van der Waals surface area contributed by atoms with Crippen LogP contribution in [0, 0.1) is 5.92 Å². The molecule has 2 amide bonds. The quantitative estimate of drug-likeness (QED) is 0.741. The number of nitrogens with zero attached hydrogens (tertiary/aromatic N) is 3. The second kappa shape index (κ2) is 7.95. The Morgan fingerprint density at radius 2 is 1.78 bits per heavy atom. The Morgan fingerprint density at radius 1 is 1.13 bits per heavy atom. The fourth-order valence-corrected chi connectivity index (χ4v) is 3.76. The van der Waals surface area contributed by atoms with E-state index in [1.165, 1.54) is 0 Å². The lowest BCUT2D eigenvalue weighted by Gasteiger charge is -2.45. The van der Waals surface area contributed by atoms with Gasteiger partial charge in [0.15, 0.2) is 0 Å². The minimum atomic E-state index is 0.0801. The standard InChI is InChI=1S/C18H31N3O2/c1-5-9-20-12-15(4)21(13-14(20)3)18(23)16-7-10-19(11-8-16)17(22)6-2/h5,14-16H,1,6-13H2,2-4H3/t14-,15-/m1/s1. The lowest BCUT2D eigenvalue weighted by atomic mass is 9.93. The van der Waals surface area contributed by atoms with E-state index in [0.29, 0.717) is 12.5 Å². The van der Waals surface area contributed by atoms with Gasteiger partial charge in [-0.15, -0.1) is 6.58 Å². The molecule has 0 radical (unpaired) electrons. The molecule has 0 unspecified atom stereocenters. The van der Waals surface area contributed by atoms with Gasteiger partial charge in [-0.1, -0.05) is 13.0 Å². The second-order valence-electron chi connectivity index (χ2n) is 6.94. The highest BCUT2D eigenvalue weighted by molar-refractivity contribution is 5.80. The second-order valence-corrected chi connectivity index (χ2v) is 6.94. The molecule has 130 valence electrons. The van der Waals surface area contributed by atoms with E-state index in [2.05, 4.69) is 30.2 Å². The summed E-state index contributed by atoms with van der Waals surface area (Å²) in [5.74, 6) is 0.568. The highest BCUT2D eigenvalue weighted by Crippen LogP contribution is 2.24. The van der Waals surface area contributed by atoms with Crippen LogP contribution in [-0.4, -0.2) is 71.3 Å². The van der Waals surface area contributed by atoms with Gasteiger partial charge in [-0.25, -0.2) is 0 Å². The molecule has 5 nitrogen and oxygen atoms in total. The number of rotatable bonds is 4. The van der Waals surface area contributed by atoms with Crippen molar-refractivity contribution in [3.05, 3.63) is 12.7 Å². The normalized spacial score (nSPS) is 27.1. The van der Waals surface area contributed by atoms with Gasteiger partial charge in [-0.05, 0) is 26.7 Å². The Labute approximate surface area is 140 Å². The molecule has 2 fully saturated rings. The molecule has 2 atom stereocenters. The third-order valence-electron chi connectivity index (χ3n) is 5.26. The summed E-state index contributed by atoms with van der Waals surface area (Å²) < 4.78 is 0. The number of piperazine rings is 1. The van der Waals surface area contributed by atoms with Crippen molar-refractivity contribution in [3.63, 3.8) is 0 Å². The zero-order chi connectivity index (χ0) is 17.0. The molecule has 2 heterocycles. The monoisotopic (exact) mass is 321 g/mol. The molecule has 0 saturated carbocycles. The van der Waals surface area contributed by atoms with E-state index < -0.39 is 0 Å². The third kappa shape index (κ3) is 4.14. The van der Waals surface area contributed by atoms with Crippen LogP contribution < -0.4 is 0 Å². The molecular formula is C18H31N3O2. The fourth-order valence-electron chi connectivity index (χ4n) is 3.76. The van der Waals surface area contributed by atoms with Crippen molar-refractivity contribution >= 4 is 11.8 Å². The predicted molar refractivity (Wildman–Crippen MR) is 92.0 cm³/mol. The summed E-state index contributed by atoms with van der Waals surface area (Å²) in [5, 5.41) is 0. The molecule has 0 N–H and O–H groups in total. The third-order valence-corrected chi connectivity index (χ3v) is 5.26. The highest BCUT2D eigenvalue weighted by atomic mass is 16.2. The van der Waals surface area contributed by atoms with Gasteiger partial charge in [-0.2, -0.15) is 0 Å². The van der Waals surface area contributed by atoms with Gasteiger partial charge in [-0.3, -0.25) is 14.5 Å². The smallest absolute Gasteiger partial charge is 0.226 e. The Kier molecular flexibility index (Phi) is 6.22. The van der Waals surface area contributed by atoms with Gasteiger partial charge in [0.2, 0.25) is 11.8 Å². The lowest BCUT2D eigenvalue weighted by Crippen LogP contribution is -2.59. The topological polar surface area (TPSA) is 43.9 Å². The van der Waals surface area contributed by atoms with Crippen molar-refractivity contribution in [3.8, 4) is 0 Å². The molecule has 0 bridgehead atoms. The molecular weight excluding hydrogens is 290 g/mol. The number of hydrogen-bond donors (Lipinski definition) is 0. The fraction of sp³-hybridized carbons (Fsp3) is 0.778. The van der Waals surface area contributed by atoms with Crippen molar-refractivity contribution in [1.29, 1.82) is 0 Å². The maximum Gasteiger partial charge on any atom is 0.226 e. The SMILES string of the molecule is C=CCN1C[C@@H](C)N(C(=O)C2CCN(C(=O)CC)CC2)C[C@H]1C. The van der Waals surface area contributed by atoms with Gasteiger partial charge < -0.3 is 9.80 Å². The first-order valence-corrected chi connectivity index (χ1v) is 8.91. The van der Waals surface area contributed by atoms with Gasteiger partial charge in [0.25, 0.3) is 0 Å². The number of amides is 2. The van der Waals surface area contributed by atoms with E-state index in [4.69, 9.17) is 0 Å². The van der Waals surface area contributed by atoms with E-state index in [-0.39, 0.29) is 23.8 Å². The first-order valence-electron chi connectivity index (χ1n) is 8.91. The van der Waals surface area contributed by atoms with Crippen LogP contribution in [0.5, 0.6) is 0 Å². The number of likely N-dealkylation sites (tertiary alicyclic amines) is 1. The van der Waals surface area contributed by atoms with Crippen molar-refractivity contribution in [1.82, 2.24) is 14.7 Å².